The van der Waals surface area contributed by atoms with E-state index in [9.17, 15) is 20.0 Å². The number of alkyl halides is 1. The number of aliphatic hydroxyl groups is 1. The third-order valence-electron chi connectivity index (χ3n) is 4.06. The van der Waals surface area contributed by atoms with Crippen molar-refractivity contribution < 1.29 is 14.8 Å². The van der Waals surface area contributed by atoms with Gasteiger partial charge in [-0.05, 0) is 18.1 Å². The molecule has 1 aliphatic carbocycles. The second-order valence-electron chi connectivity index (χ2n) is 5.65. The molecule has 2 aliphatic rings. The second kappa shape index (κ2) is 5.79. The number of benzene rings is 1. The Morgan fingerprint density at radius 1 is 1.43 bits per heavy atom. The summed E-state index contributed by atoms with van der Waals surface area (Å²) in [5.41, 5.74) is -0.453. The third kappa shape index (κ3) is 2.75. The Hall–Kier alpha value is -2.18. The number of hydrogen-bond acceptors (Lipinski definition) is 4. The number of nitrogens with zero attached hydrogens (tertiary/aromatic N) is 2. The highest BCUT2D eigenvalue weighted by Crippen LogP contribution is 2.40. The van der Waals surface area contributed by atoms with Crippen molar-refractivity contribution in [3.8, 4) is 0 Å². The highest BCUT2D eigenvalue weighted by Gasteiger charge is 2.53. The zero-order valence-corrected chi connectivity index (χ0v) is 12.9. The van der Waals surface area contributed by atoms with E-state index >= 15 is 0 Å². The van der Waals surface area contributed by atoms with Gasteiger partial charge in [0.05, 0.1) is 17.6 Å². The lowest BCUT2D eigenvalue weighted by molar-refractivity contribution is -0.498. The summed E-state index contributed by atoms with van der Waals surface area (Å²) in [6.07, 6.45) is 6.27. The maximum absolute atomic E-state index is 12.7. The molecule has 3 rings (SSSR count). The summed E-state index contributed by atoms with van der Waals surface area (Å²) in [4.78, 5) is 24.3. The van der Waals surface area contributed by atoms with E-state index in [1.54, 1.807) is 24.3 Å². The number of fused-ring (bicyclic) bond motifs is 1. The number of hydrogen-bond donors (Lipinski definition) is 1. The fraction of sp³-hybridized carbons (Fsp3) is 0.312. The number of para-hydroxylation sites is 1. The predicted molar refractivity (Wildman–Crippen MR) is 86.0 cm³/mol. The van der Waals surface area contributed by atoms with Crippen LogP contribution in [0, 0.1) is 10.1 Å². The lowest BCUT2D eigenvalue weighted by Gasteiger charge is -2.21. The van der Waals surface area contributed by atoms with Gasteiger partial charge in [0.2, 0.25) is 12.1 Å². The lowest BCUT2D eigenvalue weighted by atomic mass is 9.96. The summed E-state index contributed by atoms with van der Waals surface area (Å²) >= 11 is 5.98. The first kappa shape index (κ1) is 15.7. The van der Waals surface area contributed by atoms with Gasteiger partial charge in [-0.2, -0.15) is 0 Å². The van der Waals surface area contributed by atoms with E-state index in [2.05, 4.69) is 0 Å². The molecule has 1 amide bonds. The molecule has 6 nitrogen and oxygen atoms in total. The normalized spacial score (nSPS) is 26.2. The number of halogens is 1. The Kier molecular flexibility index (Phi) is 3.95. The van der Waals surface area contributed by atoms with Crippen molar-refractivity contribution in [3.63, 3.8) is 0 Å². The minimum atomic E-state index is -2.12. The molecular formula is C16H15ClN2O4. The van der Waals surface area contributed by atoms with Gasteiger partial charge in [-0.1, -0.05) is 36.4 Å². The van der Waals surface area contributed by atoms with Crippen LogP contribution in [0.25, 0.3) is 0 Å². The summed E-state index contributed by atoms with van der Waals surface area (Å²) in [5.74, 6) is -0.669. The van der Waals surface area contributed by atoms with E-state index in [4.69, 9.17) is 11.6 Å². The highest BCUT2D eigenvalue weighted by atomic mass is 35.5. The van der Waals surface area contributed by atoms with Crippen LogP contribution in [0.15, 0.2) is 48.1 Å². The van der Waals surface area contributed by atoms with Crippen LogP contribution in [0.4, 0.5) is 5.69 Å². The standard InChI is InChI=1S/C16H15ClN2O4/c17-12-7-5-11(6-8-12)9-18-14-4-2-1-3-13(14)16(21,15(18)20)10-19(22)23/h1-7,12,21H,8-10H2. The van der Waals surface area contributed by atoms with Crippen molar-refractivity contribution in [3.05, 3.63) is 63.7 Å². The van der Waals surface area contributed by atoms with Crippen molar-refractivity contribution in [2.45, 2.75) is 17.4 Å². The molecule has 1 N–H and O–H groups in total. The van der Waals surface area contributed by atoms with Crippen LogP contribution in [0.2, 0.25) is 0 Å². The maximum atomic E-state index is 12.7. The first-order valence-electron chi connectivity index (χ1n) is 7.19. The van der Waals surface area contributed by atoms with Gasteiger partial charge in [0.1, 0.15) is 0 Å². The van der Waals surface area contributed by atoms with E-state index in [0.717, 1.165) is 5.57 Å². The number of anilines is 1. The van der Waals surface area contributed by atoms with Crippen molar-refractivity contribution in [1.29, 1.82) is 0 Å². The molecule has 7 heteroatoms. The molecule has 2 unspecified atom stereocenters. The average Bonchev–Trinajstić information content (AvgIpc) is 2.71. The highest BCUT2D eigenvalue weighted by molar-refractivity contribution is 6.22. The molecule has 1 heterocycles. The SMILES string of the molecule is O=C1N(CC2=CCC(Cl)C=C2)c2ccccc2C1(O)C[N+](=O)[O-]. The van der Waals surface area contributed by atoms with Crippen LogP contribution < -0.4 is 4.90 Å². The zero-order chi connectivity index (χ0) is 16.6. The van der Waals surface area contributed by atoms with Gasteiger partial charge in [-0.3, -0.25) is 14.9 Å². The van der Waals surface area contributed by atoms with Crippen LogP contribution in [-0.4, -0.2) is 34.4 Å². The molecule has 0 fully saturated rings. The Morgan fingerprint density at radius 2 is 2.17 bits per heavy atom. The molecule has 120 valence electrons. The number of amides is 1. The minimum Gasteiger partial charge on any atom is -0.370 e. The summed E-state index contributed by atoms with van der Waals surface area (Å²) in [7, 11) is 0. The van der Waals surface area contributed by atoms with Crippen LogP contribution in [0.1, 0.15) is 12.0 Å². The van der Waals surface area contributed by atoms with Gasteiger partial charge in [-0.15, -0.1) is 11.6 Å². The number of rotatable bonds is 4. The van der Waals surface area contributed by atoms with Crippen molar-refractivity contribution in [1.82, 2.24) is 0 Å². The van der Waals surface area contributed by atoms with Crippen molar-refractivity contribution in [2.75, 3.05) is 18.0 Å². The van der Waals surface area contributed by atoms with Gasteiger partial charge >= 0.3 is 0 Å². The van der Waals surface area contributed by atoms with Gasteiger partial charge in [-0.25, -0.2) is 0 Å². The zero-order valence-electron chi connectivity index (χ0n) is 12.2. The minimum absolute atomic E-state index is 0.0632. The van der Waals surface area contributed by atoms with E-state index in [1.807, 2.05) is 18.2 Å². The largest absolute Gasteiger partial charge is 0.370 e. The third-order valence-corrected chi connectivity index (χ3v) is 4.39. The molecule has 1 aliphatic heterocycles. The Labute approximate surface area is 137 Å². The molecule has 0 aromatic heterocycles. The fourth-order valence-electron chi connectivity index (χ4n) is 2.94. The molecule has 1 aromatic rings. The molecule has 1 aromatic carbocycles. The molecule has 0 radical (unpaired) electrons. The summed E-state index contributed by atoms with van der Waals surface area (Å²) < 4.78 is 0. The summed E-state index contributed by atoms with van der Waals surface area (Å²) in [5, 5.41) is 21.5. The monoisotopic (exact) mass is 334 g/mol. The van der Waals surface area contributed by atoms with Gasteiger partial charge < -0.3 is 10.0 Å². The average molecular weight is 335 g/mol. The smallest absolute Gasteiger partial charge is 0.271 e. The van der Waals surface area contributed by atoms with E-state index in [-0.39, 0.29) is 17.5 Å². The number of nitro groups is 1. The molecular weight excluding hydrogens is 320 g/mol. The van der Waals surface area contributed by atoms with E-state index < -0.39 is 23.0 Å². The van der Waals surface area contributed by atoms with Gasteiger partial charge in [0, 0.05) is 10.5 Å². The Bertz CT molecular complexity index is 731. The molecule has 0 bridgehead atoms. The summed E-state index contributed by atoms with van der Waals surface area (Å²) in [6.45, 7) is -0.603. The molecule has 23 heavy (non-hydrogen) atoms. The quantitative estimate of drug-likeness (QED) is 0.518. The second-order valence-corrected chi connectivity index (χ2v) is 6.21. The summed E-state index contributed by atoms with van der Waals surface area (Å²) in [6, 6.07) is 6.62. The number of carbonyl (C=O) groups is 1. The Balaban J connectivity index is 1.95. The van der Waals surface area contributed by atoms with Crippen LogP contribution >= 0.6 is 11.6 Å². The number of allylic oxidation sites excluding steroid dienone is 2. The van der Waals surface area contributed by atoms with Crippen LogP contribution in [0.5, 0.6) is 0 Å². The van der Waals surface area contributed by atoms with E-state index in [0.29, 0.717) is 12.1 Å². The first-order chi connectivity index (χ1) is 10.9. The predicted octanol–water partition coefficient (Wildman–Crippen LogP) is 1.99. The van der Waals surface area contributed by atoms with Crippen LogP contribution in [0.3, 0.4) is 0 Å². The topological polar surface area (TPSA) is 83.7 Å². The van der Waals surface area contributed by atoms with Crippen LogP contribution in [-0.2, 0) is 10.4 Å². The van der Waals surface area contributed by atoms with Crippen molar-refractivity contribution >= 4 is 23.2 Å². The van der Waals surface area contributed by atoms with Gasteiger partial charge in [0.15, 0.2) is 0 Å². The first-order valence-corrected chi connectivity index (χ1v) is 7.62. The molecule has 0 spiro atoms. The number of carbonyl (C=O) groups excluding carboxylic acids is 1. The molecule has 0 saturated carbocycles. The van der Waals surface area contributed by atoms with Crippen molar-refractivity contribution in [2.24, 2.45) is 0 Å². The Morgan fingerprint density at radius 3 is 2.83 bits per heavy atom. The van der Waals surface area contributed by atoms with E-state index in [1.165, 1.54) is 4.90 Å². The lowest BCUT2D eigenvalue weighted by Crippen LogP contribution is -2.45. The maximum Gasteiger partial charge on any atom is 0.271 e. The molecule has 0 saturated heterocycles. The fourth-order valence-corrected chi connectivity index (χ4v) is 3.10. The molecule has 2 atom stereocenters. The van der Waals surface area contributed by atoms with Gasteiger partial charge in [0.25, 0.3) is 5.91 Å².